The highest BCUT2D eigenvalue weighted by molar-refractivity contribution is 5.08. The second-order valence-corrected chi connectivity index (χ2v) is 4.18. The second kappa shape index (κ2) is 6.89. The first-order valence-electron chi connectivity index (χ1n) is 6.15. The molecule has 0 aromatic carbocycles. The summed E-state index contributed by atoms with van der Waals surface area (Å²) in [5, 5.41) is 0. The quantitative estimate of drug-likeness (QED) is 0.695. The SMILES string of the molecule is CCCCC/C=C(/N1CCOCC1)C(F)(F)F. The Morgan fingerprint density at radius 1 is 1.24 bits per heavy atom. The first-order chi connectivity index (χ1) is 8.05. The molecule has 1 heterocycles. The van der Waals surface area contributed by atoms with Gasteiger partial charge in [-0.15, -0.1) is 0 Å². The molecule has 1 aliphatic rings. The van der Waals surface area contributed by atoms with Gasteiger partial charge in [0.05, 0.1) is 13.2 Å². The van der Waals surface area contributed by atoms with E-state index in [0.29, 0.717) is 32.7 Å². The Balaban J connectivity index is 2.59. The van der Waals surface area contributed by atoms with Gasteiger partial charge in [-0.3, -0.25) is 0 Å². The summed E-state index contributed by atoms with van der Waals surface area (Å²) in [6, 6.07) is 0. The average Bonchev–Trinajstić information content (AvgIpc) is 2.28. The third kappa shape index (κ3) is 4.98. The summed E-state index contributed by atoms with van der Waals surface area (Å²) in [6.07, 6.45) is 0.405. The predicted octanol–water partition coefficient (Wildman–Crippen LogP) is 3.35. The number of hydrogen-bond acceptors (Lipinski definition) is 2. The van der Waals surface area contributed by atoms with E-state index < -0.39 is 11.9 Å². The lowest BCUT2D eigenvalue weighted by Crippen LogP contribution is -2.40. The number of nitrogens with zero attached hydrogens (tertiary/aromatic N) is 1. The van der Waals surface area contributed by atoms with Crippen LogP contribution in [0.4, 0.5) is 13.2 Å². The normalized spacial score (nSPS) is 18.6. The lowest BCUT2D eigenvalue weighted by molar-refractivity contribution is -0.118. The van der Waals surface area contributed by atoms with Crippen LogP contribution in [0.1, 0.15) is 32.6 Å². The van der Waals surface area contributed by atoms with E-state index in [1.54, 1.807) is 0 Å². The summed E-state index contributed by atoms with van der Waals surface area (Å²) in [7, 11) is 0. The van der Waals surface area contributed by atoms with Gasteiger partial charge in [0.15, 0.2) is 0 Å². The van der Waals surface area contributed by atoms with Crippen LogP contribution in [0.5, 0.6) is 0 Å². The zero-order chi connectivity index (χ0) is 12.7. The molecule has 1 fully saturated rings. The Morgan fingerprint density at radius 3 is 2.41 bits per heavy atom. The van der Waals surface area contributed by atoms with Crippen molar-refractivity contribution in [1.29, 1.82) is 0 Å². The van der Waals surface area contributed by atoms with Crippen LogP contribution < -0.4 is 0 Å². The molecule has 0 bridgehead atoms. The third-order valence-electron chi connectivity index (χ3n) is 2.79. The minimum Gasteiger partial charge on any atom is -0.378 e. The molecule has 0 radical (unpaired) electrons. The van der Waals surface area contributed by atoms with Crippen molar-refractivity contribution in [2.45, 2.75) is 38.8 Å². The Bertz CT molecular complexity index is 245. The van der Waals surface area contributed by atoms with Crippen molar-refractivity contribution in [3.8, 4) is 0 Å². The van der Waals surface area contributed by atoms with Gasteiger partial charge < -0.3 is 9.64 Å². The van der Waals surface area contributed by atoms with E-state index in [2.05, 4.69) is 0 Å². The van der Waals surface area contributed by atoms with Crippen molar-refractivity contribution >= 4 is 0 Å². The standard InChI is InChI=1S/C12H20F3NO/c1-2-3-4-5-6-11(12(13,14)15)16-7-9-17-10-8-16/h6H,2-5,7-10H2,1H3/b11-6+. The maximum absolute atomic E-state index is 12.9. The van der Waals surface area contributed by atoms with Crippen molar-refractivity contribution in [3.05, 3.63) is 11.8 Å². The van der Waals surface area contributed by atoms with Crippen LogP contribution >= 0.6 is 0 Å². The zero-order valence-corrected chi connectivity index (χ0v) is 10.2. The molecular formula is C12H20F3NO. The highest BCUT2D eigenvalue weighted by Gasteiger charge is 2.37. The lowest BCUT2D eigenvalue weighted by Gasteiger charge is -2.32. The van der Waals surface area contributed by atoms with E-state index in [1.807, 2.05) is 6.92 Å². The second-order valence-electron chi connectivity index (χ2n) is 4.18. The summed E-state index contributed by atoms with van der Waals surface area (Å²) in [5.74, 6) is 0. The minimum absolute atomic E-state index is 0.332. The highest BCUT2D eigenvalue weighted by atomic mass is 19.4. The molecule has 1 rings (SSSR count). The van der Waals surface area contributed by atoms with Crippen LogP contribution in [-0.4, -0.2) is 37.4 Å². The molecule has 0 unspecified atom stereocenters. The smallest absolute Gasteiger partial charge is 0.378 e. The molecule has 1 saturated heterocycles. The van der Waals surface area contributed by atoms with Gasteiger partial charge in [0.25, 0.3) is 0 Å². The zero-order valence-electron chi connectivity index (χ0n) is 10.2. The predicted molar refractivity (Wildman–Crippen MR) is 60.7 cm³/mol. The molecule has 1 aliphatic heterocycles. The summed E-state index contributed by atoms with van der Waals surface area (Å²) in [6.45, 7) is 3.46. The molecule has 0 saturated carbocycles. The number of morpholine rings is 1. The Kier molecular flexibility index (Phi) is 5.82. The van der Waals surface area contributed by atoms with Crippen LogP contribution in [0.25, 0.3) is 0 Å². The van der Waals surface area contributed by atoms with Crippen LogP contribution in [0, 0.1) is 0 Å². The third-order valence-corrected chi connectivity index (χ3v) is 2.79. The fraction of sp³-hybridized carbons (Fsp3) is 0.833. The van der Waals surface area contributed by atoms with Gasteiger partial charge in [0.2, 0.25) is 0 Å². The molecule has 0 spiro atoms. The van der Waals surface area contributed by atoms with Gasteiger partial charge in [-0.1, -0.05) is 25.8 Å². The molecule has 0 aromatic heterocycles. The van der Waals surface area contributed by atoms with Gasteiger partial charge in [-0.2, -0.15) is 13.2 Å². The van der Waals surface area contributed by atoms with E-state index in [-0.39, 0.29) is 0 Å². The molecule has 17 heavy (non-hydrogen) atoms. The maximum Gasteiger partial charge on any atom is 0.430 e. The van der Waals surface area contributed by atoms with E-state index in [1.165, 1.54) is 11.0 Å². The molecular weight excluding hydrogens is 231 g/mol. The Labute approximate surface area is 100 Å². The molecule has 5 heteroatoms. The van der Waals surface area contributed by atoms with Crippen molar-refractivity contribution in [3.63, 3.8) is 0 Å². The average molecular weight is 251 g/mol. The monoisotopic (exact) mass is 251 g/mol. The van der Waals surface area contributed by atoms with E-state index in [0.717, 1.165) is 19.3 Å². The van der Waals surface area contributed by atoms with Gasteiger partial charge >= 0.3 is 6.18 Å². The number of halogens is 3. The summed E-state index contributed by atoms with van der Waals surface area (Å²) < 4.78 is 43.7. The van der Waals surface area contributed by atoms with Crippen molar-refractivity contribution < 1.29 is 17.9 Å². The molecule has 2 nitrogen and oxygen atoms in total. The topological polar surface area (TPSA) is 12.5 Å². The number of allylic oxidation sites excluding steroid dienone is 2. The van der Waals surface area contributed by atoms with Gasteiger partial charge in [-0.25, -0.2) is 0 Å². The summed E-state index contributed by atoms with van der Waals surface area (Å²) in [5.41, 5.74) is -0.489. The van der Waals surface area contributed by atoms with Crippen LogP contribution in [-0.2, 0) is 4.74 Å². The fourth-order valence-electron chi connectivity index (χ4n) is 1.86. The molecule has 0 aromatic rings. The van der Waals surface area contributed by atoms with E-state index >= 15 is 0 Å². The number of rotatable bonds is 5. The number of hydrogen-bond donors (Lipinski definition) is 0. The van der Waals surface area contributed by atoms with Crippen LogP contribution in [0.2, 0.25) is 0 Å². The molecule has 0 amide bonds. The fourth-order valence-corrected chi connectivity index (χ4v) is 1.86. The molecule has 100 valence electrons. The van der Waals surface area contributed by atoms with Gasteiger partial charge in [0, 0.05) is 13.1 Å². The largest absolute Gasteiger partial charge is 0.430 e. The van der Waals surface area contributed by atoms with Gasteiger partial charge in [0.1, 0.15) is 5.70 Å². The summed E-state index contributed by atoms with van der Waals surface area (Å²) in [4.78, 5) is 1.38. The van der Waals surface area contributed by atoms with E-state index in [9.17, 15) is 13.2 Å². The first-order valence-corrected chi connectivity index (χ1v) is 6.15. The van der Waals surface area contributed by atoms with Crippen molar-refractivity contribution in [2.24, 2.45) is 0 Å². The first kappa shape index (κ1) is 14.4. The van der Waals surface area contributed by atoms with Gasteiger partial charge in [-0.05, 0) is 12.8 Å². The van der Waals surface area contributed by atoms with Crippen LogP contribution in [0.15, 0.2) is 11.8 Å². The Hall–Kier alpha value is -0.710. The molecule has 0 aliphatic carbocycles. The maximum atomic E-state index is 12.9. The van der Waals surface area contributed by atoms with Crippen LogP contribution in [0.3, 0.4) is 0 Å². The molecule has 0 N–H and O–H groups in total. The number of unbranched alkanes of at least 4 members (excludes halogenated alkanes) is 3. The van der Waals surface area contributed by atoms with Crippen molar-refractivity contribution in [2.75, 3.05) is 26.3 Å². The van der Waals surface area contributed by atoms with Crippen molar-refractivity contribution in [1.82, 2.24) is 4.90 Å². The number of alkyl halides is 3. The minimum atomic E-state index is -4.25. The Morgan fingerprint density at radius 2 is 1.88 bits per heavy atom. The van der Waals surface area contributed by atoms with E-state index in [4.69, 9.17) is 4.74 Å². The molecule has 0 atom stereocenters. The summed E-state index contributed by atoms with van der Waals surface area (Å²) >= 11 is 0. The lowest BCUT2D eigenvalue weighted by atomic mass is 10.1. The number of ether oxygens (including phenoxy) is 1. The highest BCUT2D eigenvalue weighted by Crippen LogP contribution is 2.29.